The maximum absolute atomic E-state index is 12.0. The van der Waals surface area contributed by atoms with Gasteiger partial charge in [0.1, 0.15) is 11.8 Å². The molecule has 25 heavy (non-hydrogen) atoms. The minimum absolute atomic E-state index is 0.174. The van der Waals surface area contributed by atoms with Crippen molar-refractivity contribution in [2.24, 2.45) is 0 Å². The number of imide groups is 1. The molecule has 2 atom stereocenters. The Morgan fingerprint density at radius 3 is 2.60 bits per heavy atom. The van der Waals surface area contributed by atoms with Crippen LogP contribution in [0, 0.1) is 0 Å². The summed E-state index contributed by atoms with van der Waals surface area (Å²) >= 11 is 0. The molecule has 2 aliphatic rings. The van der Waals surface area contributed by atoms with Crippen LogP contribution in [0.25, 0.3) is 0 Å². The minimum Gasteiger partial charge on any atom is -0.388 e. The summed E-state index contributed by atoms with van der Waals surface area (Å²) in [5, 5.41) is 14.8. The number of piperidine rings is 2. The lowest BCUT2D eigenvalue weighted by Crippen LogP contribution is -2.52. The molecule has 0 aromatic heterocycles. The van der Waals surface area contributed by atoms with Gasteiger partial charge in [0.2, 0.25) is 17.7 Å². The molecule has 2 unspecified atom stereocenters. The molecule has 0 saturated carbocycles. The predicted octanol–water partition coefficient (Wildman–Crippen LogP) is -0.606. The van der Waals surface area contributed by atoms with Gasteiger partial charge in [0, 0.05) is 38.0 Å². The number of hydrogen-bond acceptors (Lipinski definition) is 6. The fourth-order valence-corrected chi connectivity index (χ4v) is 2.85. The van der Waals surface area contributed by atoms with Gasteiger partial charge in [-0.2, -0.15) is 0 Å². The van der Waals surface area contributed by atoms with Crippen LogP contribution in [0.15, 0.2) is 24.4 Å². The highest BCUT2D eigenvalue weighted by atomic mass is 16.3. The number of aliphatic hydroxyl groups is 1. The molecular weight excluding hydrogens is 326 g/mol. The summed E-state index contributed by atoms with van der Waals surface area (Å²) in [5.74, 6) is -1.15. The van der Waals surface area contributed by atoms with E-state index in [2.05, 4.69) is 17.2 Å². The largest absolute Gasteiger partial charge is 0.388 e. The van der Waals surface area contributed by atoms with Gasteiger partial charge in [-0.1, -0.05) is 6.58 Å². The molecule has 136 valence electrons. The number of ketones is 1. The molecule has 0 spiro atoms. The topological polar surface area (TPSA) is 116 Å². The maximum Gasteiger partial charge on any atom is 0.249 e. The Hall–Kier alpha value is -2.48. The molecule has 2 fully saturated rings. The highest BCUT2D eigenvalue weighted by Gasteiger charge is 2.28. The molecule has 3 amide bonds. The van der Waals surface area contributed by atoms with Crippen LogP contribution in [-0.4, -0.2) is 58.7 Å². The van der Waals surface area contributed by atoms with Crippen LogP contribution in [-0.2, 0) is 19.2 Å². The average Bonchev–Trinajstić information content (AvgIpc) is 2.56. The van der Waals surface area contributed by atoms with Crippen molar-refractivity contribution in [2.75, 3.05) is 13.1 Å². The van der Waals surface area contributed by atoms with Crippen molar-refractivity contribution in [2.45, 2.75) is 44.2 Å². The summed E-state index contributed by atoms with van der Waals surface area (Å²) in [6, 6.07) is -0.756. The third kappa shape index (κ3) is 5.53. The van der Waals surface area contributed by atoms with E-state index in [1.807, 2.05) is 4.90 Å². The van der Waals surface area contributed by atoms with Crippen molar-refractivity contribution >= 4 is 23.5 Å². The van der Waals surface area contributed by atoms with Gasteiger partial charge < -0.3 is 15.3 Å². The number of allylic oxidation sites excluding steroid dienone is 1. The van der Waals surface area contributed by atoms with Crippen molar-refractivity contribution in [3.05, 3.63) is 24.4 Å². The number of nitrogens with zero attached hydrogens (tertiary/aromatic N) is 1. The van der Waals surface area contributed by atoms with Crippen LogP contribution in [0.5, 0.6) is 0 Å². The van der Waals surface area contributed by atoms with Gasteiger partial charge >= 0.3 is 0 Å². The van der Waals surface area contributed by atoms with Crippen LogP contribution >= 0.6 is 0 Å². The van der Waals surface area contributed by atoms with Gasteiger partial charge in [0.15, 0.2) is 0 Å². The summed E-state index contributed by atoms with van der Waals surface area (Å²) in [7, 11) is 0. The fraction of sp³-hybridized carbons (Fsp3) is 0.529. The summed E-state index contributed by atoms with van der Waals surface area (Å²) in [4.78, 5) is 47.9. The first-order chi connectivity index (χ1) is 11.9. The van der Waals surface area contributed by atoms with E-state index in [0.717, 1.165) is 0 Å². The summed E-state index contributed by atoms with van der Waals surface area (Å²) in [6.07, 6.45) is 3.19. The van der Waals surface area contributed by atoms with Crippen LogP contribution in [0.2, 0.25) is 0 Å². The van der Waals surface area contributed by atoms with Crippen molar-refractivity contribution in [3.63, 3.8) is 0 Å². The Morgan fingerprint density at radius 1 is 1.32 bits per heavy atom. The Kier molecular flexibility index (Phi) is 6.46. The Morgan fingerprint density at radius 2 is 2.00 bits per heavy atom. The van der Waals surface area contributed by atoms with Gasteiger partial charge in [-0.15, -0.1) is 0 Å². The molecule has 0 aliphatic carbocycles. The molecule has 8 heteroatoms. The first-order valence-corrected chi connectivity index (χ1v) is 8.31. The lowest BCUT2D eigenvalue weighted by Gasteiger charge is -2.29. The van der Waals surface area contributed by atoms with E-state index in [4.69, 9.17) is 0 Å². The Bertz CT molecular complexity index is 603. The Balaban J connectivity index is 1.86. The third-order valence-electron chi connectivity index (χ3n) is 4.23. The van der Waals surface area contributed by atoms with E-state index in [0.29, 0.717) is 31.6 Å². The maximum atomic E-state index is 12.0. The number of carbonyl (C=O) groups is 4. The molecule has 8 nitrogen and oxygen atoms in total. The smallest absolute Gasteiger partial charge is 0.249 e. The number of nitrogens with one attached hydrogen (secondary N) is 2. The number of hydrogen-bond donors (Lipinski definition) is 3. The van der Waals surface area contributed by atoms with Gasteiger partial charge in [-0.05, 0) is 18.6 Å². The van der Waals surface area contributed by atoms with Crippen molar-refractivity contribution in [1.29, 1.82) is 0 Å². The molecule has 2 aliphatic heterocycles. The van der Waals surface area contributed by atoms with Crippen molar-refractivity contribution in [3.8, 4) is 0 Å². The third-order valence-corrected chi connectivity index (χ3v) is 4.23. The monoisotopic (exact) mass is 349 g/mol. The van der Waals surface area contributed by atoms with E-state index in [9.17, 15) is 24.3 Å². The number of carbonyl (C=O) groups excluding carboxylic acids is 4. The first-order valence-electron chi connectivity index (χ1n) is 8.31. The van der Waals surface area contributed by atoms with Crippen LogP contribution in [0.4, 0.5) is 0 Å². The van der Waals surface area contributed by atoms with E-state index in [1.165, 1.54) is 6.08 Å². The lowest BCUT2D eigenvalue weighted by molar-refractivity contribution is -0.137. The van der Waals surface area contributed by atoms with Gasteiger partial charge in [-0.25, -0.2) is 0 Å². The number of amides is 3. The van der Waals surface area contributed by atoms with E-state index in [-0.39, 0.29) is 31.0 Å². The summed E-state index contributed by atoms with van der Waals surface area (Å²) in [6.45, 7) is 4.83. The normalized spacial score (nSPS) is 23.1. The predicted molar refractivity (Wildman–Crippen MR) is 89.0 cm³/mol. The highest BCUT2D eigenvalue weighted by Crippen LogP contribution is 2.15. The molecule has 0 aromatic rings. The second-order valence-electron chi connectivity index (χ2n) is 6.16. The van der Waals surface area contributed by atoms with E-state index < -0.39 is 24.0 Å². The fourth-order valence-electron chi connectivity index (χ4n) is 2.85. The molecule has 2 rings (SSSR count). The van der Waals surface area contributed by atoms with Crippen molar-refractivity contribution < 1.29 is 24.3 Å². The SMILES string of the molecule is C=C/C(=C\C(O)CC(=O)NC1CCC(=O)NC1=O)N1CCC(=O)CC1. The summed E-state index contributed by atoms with van der Waals surface area (Å²) < 4.78 is 0. The second kappa shape index (κ2) is 8.57. The van der Waals surface area contributed by atoms with Gasteiger partial charge in [0.05, 0.1) is 12.5 Å². The van der Waals surface area contributed by atoms with E-state index in [1.54, 1.807) is 6.08 Å². The molecule has 0 aromatic carbocycles. The number of rotatable bonds is 6. The molecule has 3 N–H and O–H groups in total. The van der Waals surface area contributed by atoms with E-state index >= 15 is 0 Å². The Labute approximate surface area is 145 Å². The summed E-state index contributed by atoms with van der Waals surface area (Å²) in [5.41, 5.74) is 0.675. The zero-order chi connectivity index (χ0) is 18.4. The van der Waals surface area contributed by atoms with Crippen LogP contribution in [0.3, 0.4) is 0 Å². The zero-order valence-corrected chi connectivity index (χ0v) is 14.0. The minimum atomic E-state index is -1.04. The molecule has 0 radical (unpaired) electrons. The van der Waals surface area contributed by atoms with Gasteiger partial charge in [0.25, 0.3) is 0 Å². The first kappa shape index (κ1) is 18.9. The second-order valence-corrected chi connectivity index (χ2v) is 6.16. The highest BCUT2D eigenvalue weighted by molar-refractivity contribution is 6.01. The molecule has 2 saturated heterocycles. The van der Waals surface area contributed by atoms with Crippen LogP contribution in [0.1, 0.15) is 32.1 Å². The molecular formula is C17H23N3O5. The zero-order valence-electron chi connectivity index (χ0n) is 14.0. The quantitative estimate of drug-likeness (QED) is 0.435. The van der Waals surface area contributed by atoms with Crippen molar-refractivity contribution in [1.82, 2.24) is 15.5 Å². The number of likely N-dealkylation sites (tertiary alicyclic amines) is 1. The lowest BCUT2D eigenvalue weighted by atomic mass is 10.1. The number of aliphatic hydroxyl groups excluding tert-OH is 1. The molecule has 0 bridgehead atoms. The van der Waals surface area contributed by atoms with Gasteiger partial charge in [-0.3, -0.25) is 24.5 Å². The standard InChI is InChI=1S/C17H23N3O5/c1-2-11(20-7-5-12(21)6-8-20)9-13(22)10-16(24)18-14-3-4-15(23)19-17(14)25/h2,9,13-14,22H,1,3-8,10H2,(H,18,24)(H,19,23,25)/b11-9+. The number of Topliss-reactive ketones (excluding diaryl/α,β-unsaturated/α-hetero) is 1. The molecule has 2 heterocycles. The van der Waals surface area contributed by atoms with Crippen LogP contribution < -0.4 is 10.6 Å². The average molecular weight is 349 g/mol.